The van der Waals surface area contributed by atoms with E-state index in [-0.39, 0.29) is 28.5 Å². The van der Waals surface area contributed by atoms with Crippen LogP contribution in [0.1, 0.15) is 30.4 Å². The fraction of sp³-hybridized carbons (Fsp3) is 0.435. The van der Waals surface area contributed by atoms with Gasteiger partial charge < -0.3 is 20.7 Å². The zero-order chi connectivity index (χ0) is 24.0. The lowest BCUT2D eigenvalue weighted by Crippen LogP contribution is -2.40. The number of fused-ring (bicyclic) bond motifs is 1. The third-order valence-corrected chi connectivity index (χ3v) is 5.73. The summed E-state index contributed by atoms with van der Waals surface area (Å²) < 4.78 is 6.37. The predicted octanol–water partition coefficient (Wildman–Crippen LogP) is 0.764. The number of hydrogen-bond donors (Lipinski definition) is 2. The third kappa shape index (κ3) is 5.38. The van der Waals surface area contributed by atoms with Crippen molar-refractivity contribution in [1.29, 1.82) is 5.26 Å². The monoisotopic (exact) mass is 452 g/mol. The number of nitrogens with zero attached hydrogens (tertiary/aromatic N) is 4. The zero-order valence-corrected chi connectivity index (χ0v) is 18.8. The maximum atomic E-state index is 13.4. The van der Waals surface area contributed by atoms with Crippen molar-refractivity contribution in [3.63, 3.8) is 0 Å². The number of pyridine rings is 1. The van der Waals surface area contributed by atoms with Crippen molar-refractivity contribution in [2.24, 2.45) is 11.7 Å². The molecular formula is C23H28N6O4. The van der Waals surface area contributed by atoms with Gasteiger partial charge in [0.05, 0.1) is 5.56 Å². The van der Waals surface area contributed by atoms with Gasteiger partial charge in [-0.3, -0.25) is 18.8 Å². The van der Waals surface area contributed by atoms with E-state index in [2.05, 4.69) is 5.32 Å². The Kier molecular flexibility index (Phi) is 7.79. The number of anilines is 1. The molecule has 3 rings (SSSR count). The first-order valence-corrected chi connectivity index (χ1v) is 10.8. The molecular weight excluding hydrogens is 424 g/mol. The van der Waals surface area contributed by atoms with Crippen molar-refractivity contribution >= 4 is 29.4 Å². The summed E-state index contributed by atoms with van der Waals surface area (Å²) in [6.45, 7) is 3.64. The number of hydrogen-bond acceptors (Lipinski definition) is 7. The first-order chi connectivity index (χ1) is 15.9. The minimum Gasteiger partial charge on any atom is -0.385 e. The molecule has 0 aromatic carbocycles. The van der Waals surface area contributed by atoms with E-state index in [1.54, 1.807) is 19.4 Å². The Hall–Kier alpha value is -3.71. The molecule has 2 aromatic rings. The summed E-state index contributed by atoms with van der Waals surface area (Å²) >= 11 is 0. The topological polar surface area (TPSA) is 143 Å². The number of nitriles is 1. The normalized spacial score (nSPS) is 14.8. The Morgan fingerprint density at radius 3 is 2.76 bits per heavy atom. The molecule has 0 aliphatic carbocycles. The molecule has 174 valence electrons. The molecule has 0 unspecified atom stereocenters. The van der Waals surface area contributed by atoms with Gasteiger partial charge in [-0.1, -0.05) is 6.07 Å². The summed E-state index contributed by atoms with van der Waals surface area (Å²) in [5.41, 5.74) is 6.35. The Labute approximate surface area is 191 Å². The number of ether oxygens (including phenoxy) is 1. The zero-order valence-electron chi connectivity index (χ0n) is 18.8. The highest BCUT2D eigenvalue weighted by Gasteiger charge is 2.27. The number of aromatic nitrogens is 2. The first-order valence-electron chi connectivity index (χ1n) is 10.8. The number of nitrogens with one attached hydrogen (secondary N) is 1. The molecule has 3 heterocycles. The average Bonchev–Trinajstić information content (AvgIpc) is 2.81. The largest absolute Gasteiger partial charge is 0.385 e. The standard InChI is InChI=1S/C23H28N6O4/c1-15-5-3-9-29-20(15)27-21(28-10-6-16(7-11-28)19(25)30)18(23(29)32)13-17(14-24)22(31)26-8-4-12-33-2/h3,5,9,13,16H,4,6-8,10-12H2,1-2H3,(H2,25,30)(H,26,31). The molecule has 0 spiro atoms. The second-order valence-corrected chi connectivity index (χ2v) is 7.97. The quantitative estimate of drug-likeness (QED) is 0.342. The number of carbonyl (C=O) groups is 2. The lowest BCUT2D eigenvalue weighted by atomic mass is 9.96. The Bertz CT molecular complexity index is 1170. The molecule has 1 aliphatic heterocycles. The lowest BCUT2D eigenvalue weighted by Gasteiger charge is -2.32. The minimum atomic E-state index is -0.569. The van der Waals surface area contributed by atoms with E-state index < -0.39 is 5.91 Å². The predicted molar refractivity (Wildman–Crippen MR) is 123 cm³/mol. The highest BCUT2D eigenvalue weighted by Crippen LogP contribution is 2.26. The molecule has 10 nitrogen and oxygen atoms in total. The van der Waals surface area contributed by atoms with Crippen molar-refractivity contribution in [2.45, 2.75) is 26.2 Å². The molecule has 1 fully saturated rings. The van der Waals surface area contributed by atoms with Crippen LogP contribution < -0.4 is 21.5 Å². The Morgan fingerprint density at radius 2 is 2.12 bits per heavy atom. The van der Waals surface area contributed by atoms with E-state index in [9.17, 15) is 19.6 Å². The summed E-state index contributed by atoms with van der Waals surface area (Å²) in [7, 11) is 1.57. The molecule has 1 saturated heterocycles. The van der Waals surface area contributed by atoms with E-state index in [0.717, 1.165) is 5.56 Å². The van der Waals surface area contributed by atoms with E-state index in [1.165, 1.54) is 10.5 Å². The van der Waals surface area contributed by atoms with Crippen LogP contribution >= 0.6 is 0 Å². The van der Waals surface area contributed by atoms with Gasteiger partial charge in [0.2, 0.25) is 5.91 Å². The lowest BCUT2D eigenvalue weighted by molar-refractivity contribution is -0.122. The molecule has 3 N–H and O–H groups in total. The van der Waals surface area contributed by atoms with Gasteiger partial charge in [0.15, 0.2) is 0 Å². The summed E-state index contributed by atoms with van der Waals surface area (Å²) in [6, 6.07) is 5.49. The van der Waals surface area contributed by atoms with Gasteiger partial charge in [0, 0.05) is 45.5 Å². The first kappa shape index (κ1) is 23.9. The highest BCUT2D eigenvalue weighted by atomic mass is 16.5. The third-order valence-electron chi connectivity index (χ3n) is 5.73. The minimum absolute atomic E-state index is 0.152. The van der Waals surface area contributed by atoms with Crippen molar-refractivity contribution < 1.29 is 14.3 Å². The van der Waals surface area contributed by atoms with E-state index in [0.29, 0.717) is 57.0 Å². The van der Waals surface area contributed by atoms with Gasteiger partial charge >= 0.3 is 0 Å². The van der Waals surface area contributed by atoms with E-state index >= 15 is 0 Å². The molecule has 0 radical (unpaired) electrons. The van der Waals surface area contributed by atoms with Gasteiger partial charge in [-0.25, -0.2) is 4.98 Å². The number of aryl methyl sites for hydroxylation is 1. The van der Waals surface area contributed by atoms with Crippen LogP contribution in [0.3, 0.4) is 0 Å². The van der Waals surface area contributed by atoms with Gasteiger partial charge in [0.25, 0.3) is 11.5 Å². The number of rotatable bonds is 8. The van der Waals surface area contributed by atoms with Gasteiger partial charge in [0.1, 0.15) is 23.1 Å². The second kappa shape index (κ2) is 10.7. The number of primary amides is 1. The maximum Gasteiger partial charge on any atom is 0.267 e. The van der Waals surface area contributed by atoms with Gasteiger partial charge in [-0.2, -0.15) is 5.26 Å². The van der Waals surface area contributed by atoms with Crippen molar-refractivity contribution in [2.75, 3.05) is 38.3 Å². The smallest absolute Gasteiger partial charge is 0.267 e. The summed E-state index contributed by atoms with van der Waals surface area (Å²) in [4.78, 5) is 44.2. The molecule has 0 bridgehead atoms. The molecule has 0 atom stereocenters. The number of amides is 2. The highest BCUT2D eigenvalue weighted by molar-refractivity contribution is 6.02. The van der Waals surface area contributed by atoms with Crippen LogP contribution in [0, 0.1) is 24.2 Å². The van der Waals surface area contributed by atoms with Crippen LogP contribution in [-0.2, 0) is 14.3 Å². The van der Waals surface area contributed by atoms with E-state index in [4.69, 9.17) is 15.5 Å². The molecule has 2 aromatic heterocycles. The molecule has 2 amide bonds. The van der Waals surface area contributed by atoms with Crippen molar-refractivity contribution in [3.05, 3.63) is 45.4 Å². The van der Waals surface area contributed by atoms with Crippen molar-refractivity contribution in [1.82, 2.24) is 14.7 Å². The van der Waals surface area contributed by atoms with Crippen LogP contribution in [0.5, 0.6) is 0 Å². The molecule has 33 heavy (non-hydrogen) atoms. The van der Waals surface area contributed by atoms with Crippen molar-refractivity contribution in [3.8, 4) is 6.07 Å². The maximum absolute atomic E-state index is 13.4. The summed E-state index contributed by atoms with van der Waals surface area (Å²) in [6.07, 6.45) is 4.58. The van der Waals surface area contributed by atoms with Crippen LogP contribution in [-0.4, -0.2) is 54.5 Å². The molecule has 10 heteroatoms. The average molecular weight is 453 g/mol. The summed E-state index contributed by atoms with van der Waals surface area (Å²) in [5.74, 6) is -0.747. The Morgan fingerprint density at radius 1 is 1.39 bits per heavy atom. The van der Waals surface area contributed by atoms with Crippen LogP contribution in [0.25, 0.3) is 11.7 Å². The van der Waals surface area contributed by atoms with Gasteiger partial charge in [-0.05, 0) is 43.9 Å². The fourth-order valence-electron chi connectivity index (χ4n) is 3.85. The number of nitrogens with two attached hydrogens (primary N) is 1. The van der Waals surface area contributed by atoms with Crippen LogP contribution in [0.15, 0.2) is 28.7 Å². The van der Waals surface area contributed by atoms with Crippen LogP contribution in [0.4, 0.5) is 5.82 Å². The molecule has 1 aliphatic rings. The SMILES string of the molecule is COCCCNC(=O)C(C#N)=Cc1c(N2CCC(C(N)=O)CC2)nc2c(C)cccn2c1=O. The number of carbonyl (C=O) groups excluding carboxylic acids is 2. The fourth-order valence-corrected chi connectivity index (χ4v) is 3.85. The summed E-state index contributed by atoms with van der Waals surface area (Å²) in [5, 5.41) is 12.3. The number of methoxy groups -OCH3 is 1. The molecule has 0 saturated carbocycles. The second-order valence-electron chi connectivity index (χ2n) is 7.97. The Balaban J connectivity index is 2.04. The van der Waals surface area contributed by atoms with Gasteiger partial charge in [-0.15, -0.1) is 0 Å². The number of piperidine rings is 1. The van der Waals surface area contributed by atoms with E-state index in [1.807, 2.05) is 24.0 Å². The van der Waals surface area contributed by atoms with Crippen LogP contribution in [0.2, 0.25) is 0 Å².